The number of amides is 1. The molecule has 3 atom stereocenters. The Bertz CT molecular complexity index is 435. The number of hydrogen-bond acceptors (Lipinski definition) is 5. The Kier molecular flexibility index (Phi) is 6.36. The number of hydrogen-bond donors (Lipinski definition) is 1. The molecule has 4 aliphatic rings. The van der Waals surface area contributed by atoms with E-state index in [0.29, 0.717) is 25.2 Å². The van der Waals surface area contributed by atoms with E-state index in [1.165, 1.54) is 12.8 Å². The Labute approximate surface area is 151 Å². The fraction of sp³-hybridized carbons (Fsp3) is 0.947. The topological polar surface area (TPSA) is 74.0 Å². The molecule has 0 spiro atoms. The maximum absolute atomic E-state index is 12.8. The average Bonchev–Trinajstić information content (AvgIpc) is 2.67. The minimum Gasteiger partial charge on any atom is -0.384 e. The largest absolute Gasteiger partial charge is 0.384 e. The third kappa shape index (κ3) is 4.54. The van der Waals surface area contributed by atoms with Crippen molar-refractivity contribution < 1.29 is 19.0 Å². The number of methoxy groups -OCH3 is 1. The van der Waals surface area contributed by atoms with E-state index >= 15 is 0 Å². The van der Waals surface area contributed by atoms with Gasteiger partial charge in [0.05, 0.1) is 32.0 Å². The van der Waals surface area contributed by atoms with Crippen LogP contribution < -0.4 is 5.73 Å². The number of nitrogens with two attached hydrogens (primary N) is 1. The van der Waals surface area contributed by atoms with E-state index in [1.54, 1.807) is 7.11 Å². The standard InChI is InChI=1S/C19H34N2O4/c1-14(24-12-19-7-5-16(6-8-19)25-13-19)17(20)18(22)21-9-3-4-15(10-21)11-23-2/h14-17H,3-13,20H2,1-2H3/t14?,15-,16?,17?,19?/m0/s1. The van der Waals surface area contributed by atoms with Gasteiger partial charge in [-0.25, -0.2) is 0 Å². The number of piperidine rings is 1. The average molecular weight is 354 g/mol. The molecule has 4 fully saturated rings. The van der Waals surface area contributed by atoms with E-state index in [4.69, 9.17) is 19.9 Å². The quantitative estimate of drug-likeness (QED) is 0.751. The zero-order chi connectivity index (χ0) is 17.9. The molecule has 1 amide bonds. The smallest absolute Gasteiger partial charge is 0.242 e. The van der Waals surface area contributed by atoms with Crippen LogP contribution >= 0.6 is 0 Å². The molecular formula is C19H34N2O4. The lowest BCUT2D eigenvalue weighted by Crippen LogP contribution is -2.54. The summed E-state index contributed by atoms with van der Waals surface area (Å²) in [6.45, 7) is 5.59. The first kappa shape index (κ1) is 19.1. The zero-order valence-electron chi connectivity index (χ0n) is 15.7. The highest BCUT2D eigenvalue weighted by Crippen LogP contribution is 2.43. The van der Waals surface area contributed by atoms with Crippen LogP contribution in [0, 0.1) is 11.3 Å². The van der Waals surface area contributed by atoms with Crippen molar-refractivity contribution in [2.45, 2.75) is 63.7 Å². The Morgan fingerprint density at radius 1 is 1.36 bits per heavy atom. The van der Waals surface area contributed by atoms with Crippen molar-refractivity contribution in [3.8, 4) is 0 Å². The van der Waals surface area contributed by atoms with Crippen molar-refractivity contribution >= 4 is 5.91 Å². The maximum atomic E-state index is 12.8. The summed E-state index contributed by atoms with van der Waals surface area (Å²) in [5.74, 6) is 0.425. The molecule has 1 aliphatic carbocycles. The first-order valence-electron chi connectivity index (χ1n) is 9.79. The van der Waals surface area contributed by atoms with Crippen molar-refractivity contribution in [2.75, 3.05) is 40.0 Å². The van der Waals surface area contributed by atoms with Gasteiger partial charge in [0.25, 0.3) is 0 Å². The minimum atomic E-state index is -0.599. The van der Waals surface area contributed by atoms with Gasteiger partial charge in [-0.1, -0.05) is 0 Å². The third-order valence-corrected chi connectivity index (χ3v) is 6.29. The summed E-state index contributed by atoms with van der Waals surface area (Å²) in [6, 6.07) is -0.599. The van der Waals surface area contributed by atoms with Gasteiger partial charge in [0.2, 0.25) is 5.91 Å². The van der Waals surface area contributed by atoms with Gasteiger partial charge in [-0.15, -0.1) is 0 Å². The van der Waals surface area contributed by atoms with Gasteiger partial charge >= 0.3 is 0 Å². The second kappa shape index (κ2) is 8.33. The van der Waals surface area contributed by atoms with Gasteiger partial charge in [0.1, 0.15) is 6.04 Å². The van der Waals surface area contributed by atoms with Gasteiger partial charge < -0.3 is 24.8 Å². The van der Waals surface area contributed by atoms with Crippen molar-refractivity contribution in [1.29, 1.82) is 0 Å². The summed E-state index contributed by atoms with van der Waals surface area (Å²) in [6.07, 6.45) is 6.92. The molecule has 25 heavy (non-hydrogen) atoms. The van der Waals surface area contributed by atoms with E-state index in [1.807, 2.05) is 11.8 Å². The van der Waals surface area contributed by atoms with E-state index in [9.17, 15) is 4.79 Å². The van der Waals surface area contributed by atoms with Crippen LogP contribution in [0.2, 0.25) is 0 Å². The molecule has 0 aromatic rings. The second-order valence-corrected chi connectivity index (χ2v) is 8.30. The summed E-state index contributed by atoms with van der Waals surface area (Å²) >= 11 is 0. The number of carbonyl (C=O) groups is 1. The highest BCUT2D eigenvalue weighted by Gasteiger charge is 2.42. The van der Waals surface area contributed by atoms with Gasteiger partial charge in [-0.05, 0) is 51.4 Å². The zero-order valence-corrected chi connectivity index (χ0v) is 15.7. The van der Waals surface area contributed by atoms with Crippen molar-refractivity contribution in [3.63, 3.8) is 0 Å². The summed E-state index contributed by atoms with van der Waals surface area (Å²) in [7, 11) is 1.71. The van der Waals surface area contributed by atoms with Crippen LogP contribution in [-0.4, -0.2) is 69.1 Å². The molecule has 2 N–H and O–H groups in total. The first-order valence-corrected chi connectivity index (χ1v) is 9.79. The van der Waals surface area contributed by atoms with Crippen LogP contribution in [0.4, 0.5) is 0 Å². The van der Waals surface area contributed by atoms with Crippen LogP contribution in [0.15, 0.2) is 0 Å². The minimum absolute atomic E-state index is 0.00871. The Balaban J connectivity index is 1.47. The number of rotatable bonds is 7. The number of carbonyl (C=O) groups excluding carboxylic acids is 1. The fourth-order valence-corrected chi connectivity index (χ4v) is 4.46. The molecule has 4 rings (SSSR count). The Morgan fingerprint density at radius 2 is 2.12 bits per heavy atom. The number of likely N-dealkylation sites (tertiary alicyclic amines) is 1. The molecule has 3 heterocycles. The monoisotopic (exact) mass is 354 g/mol. The van der Waals surface area contributed by atoms with Crippen LogP contribution in [0.3, 0.4) is 0 Å². The molecule has 0 aromatic heterocycles. The van der Waals surface area contributed by atoms with Gasteiger partial charge in [-0.2, -0.15) is 0 Å². The predicted octanol–water partition coefficient (Wildman–Crippen LogP) is 1.56. The van der Waals surface area contributed by atoms with Gasteiger partial charge in [0.15, 0.2) is 0 Å². The molecule has 6 nitrogen and oxygen atoms in total. The lowest BCUT2D eigenvalue weighted by molar-refractivity contribution is -0.155. The normalized spacial score (nSPS) is 34.8. The number of ether oxygens (including phenoxy) is 3. The van der Waals surface area contributed by atoms with Crippen LogP contribution in [0.5, 0.6) is 0 Å². The van der Waals surface area contributed by atoms with Gasteiger partial charge in [-0.3, -0.25) is 4.79 Å². The Morgan fingerprint density at radius 3 is 2.76 bits per heavy atom. The summed E-state index contributed by atoms with van der Waals surface area (Å²) < 4.78 is 17.2. The van der Waals surface area contributed by atoms with E-state index in [-0.39, 0.29) is 17.4 Å². The molecule has 144 valence electrons. The van der Waals surface area contributed by atoms with Gasteiger partial charge in [0, 0.05) is 25.6 Å². The molecule has 3 aliphatic heterocycles. The van der Waals surface area contributed by atoms with Crippen molar-refractivity contribution in [2.24, 2.45) is 17.1 Å². The van der Waals surface area contributed by atoms with Crippen LogP contribution in [0.1, 0.15) is 45.4 Å². The number of nitrogens with zero attached hydrogens (tertiary/aromatic N) is 1. The van der Waals surface area contributed by atoms with Crippen molar-refractivity contribution in [1.82, 2.24) is 4.90 Å². The molecule has 2 unspecified atom stereocenters. The molecular weight excluding hydrogens is 320 g/mol. The highest BCUT2D eigenvalue weighted by atomic mass is 16.5. The Hall–Kier alpha value is -0.690. The number of fused-ring (bicyclic) bond motifs is 3. The second-order valence-electron chi connectivity index (χ2n) is 8.30. The summed E-state index contributed by atoms with van der Waals surface area (Å²) in [5.41, 5.74) is 6.38. The third-order valence-electron chi connectivity index (χ3n) is 6.29. The first-order chi connectivity index (χ1) is 12.0. The van der Waals surface area contributed by atoms with E-state index < -0.39 is 6.04 Å². The molecule has 0 aromatic carbocycles. The highest BCUT2D eigenvalue weighted by molar-refractivity contribution is 5.82. The maximum Gasteiger partial charge on any atom is 0.242 e. The lowest BCUT2D eigenvalue weighted by Gasteiger charge is -2.46. The summed E-state index contributed by atoms with van der Waals surface area (Å²) in [4.78, 5) is 14.6. The molecule has 2 bridgehead atoms. The summed E-state index contributed by atoms with van der Waals surface area (Å²) in [5, 5.41) is 0. The molecule has 3 saturated heterocycles. The molecule has 0 radical (unpaired) electrons. The van der Waals surface area contributed by atoms with E-state index in [0.717, 1.165) is 45.4 Å². The fourth-order valence-electron chi connectivity index (χ4n) is 4.46. The lowest BCUT2D eigenvalue weighted by atomic mass is 9.72. The molecule has 1 saturated carbocycles. The predicted molar refractivity (Wildman–Crippen MR) is 95.2 cm³/mol. The van der Waals surface area contributed by atoms with Crippen molar-refractivity contribution in [3.05, 3.63) is 0 Å². The van der Waals surface area contributed by atoms with Crippen LogP contribution in [0.25, 0.3) is 0 Å². The van der Waals surface area contributed by atoms with Crippen LogP contribution in [-0.2, 0) is 19.0 Å². The van der Waals surface area contributed by atoms with E-state index in [2.05, 4.69) is 0 Å². The SMILES string of the molecule is COC[C@H]1CCCN(C(=O)C(N)C(C)OCC23CCC(CC2)OC3)C1. The molecule has 6 heteroatoms.